The number of rotatable bonds is 0. The highest BCUT2D eigenvalue weighted by molar-refractivity contribution is 4.80. The Bertz CT molecular complexity index is 84.3. The summed E-state index contributed by atoms with van der Waals surface area (Å²) in [4.78, 5) is 0. The van der Waals surface area contributed by atoms with E-state index in [0.29, 0.717) is 6.42 Å². The van der Waals surface area contributed by atoms with Crippen LogP contribution in [-0.2, 0) is 4.74 Å². The quantitative estimate of drug-likeness (QED) is 0.477. The highest BCUT2D eigenvalue weighted by atomic mass is 16.6. The number of ether oxygens (including phenoxy) is 1. The molecule has 1 radical (unpaired) electrons. The lowest BCUT2D eigenvalue weighted by molar-refractivity contribution is -0.134. The zero-order valence-electron chi connectivity index (χ0n) is 4.14. The maximum Gasteiger partial charge on any atom is 0.208 e. The Kier molecular flexibility index (Phi) is 0.820. The maximum atomic E-state index is 8.88. The van der Waals surface area contributed by atoms with E-state index in [9.17, 15) is 0 Å². The van der Waals surface area contributed by atoms with Gasteiger partial charge in [0.1, 0.15) is 0 Å². The molecule has 0 unspecified atom stereocenters. The molecule has 1 heterocycles. The second kappa shape index (κ2) is 1.23. The third kappa shape index (κ3) is 0.933. The van der Waals surface area contributed by atoms with Gasteiger partial charge in [0.15, 0.2) is 0 Å². The number of hydrogen-bond acceptors (Lipinski definition) is 2. The van der Waals surface area contributed by atoms with E-state index in [1.807, 2.05) is 0 Å². The van der Waals surface area contributed by atoms with Crippen LogP contribution in [0.5, 0.6) is 0 Å². The van der Waals surface area contributed by atoms with E-state index in [4.69, 9.17) is 5.11 Å². The van der Waals surface area contributed by atoms with Crippen molar-refractivity contribution in [1.82, 2.24) is 0 Å². The fraction of sp³-hybridized carbons (Fsp3) is 0.600. The van der Waals surface area contributed by atoms with Crippen molar-refractivity contribution in [1.29, 1.82) is 0 Å². The second-order valence-corrected chi connectivity index (χ2v) is 1.79. The summed E-state index contributed by atoms with van der Waals surface area (Å²) in [6.45, 7) is 1.60. The molecule has 0 amide bonds. The molecule has 2 nitrogen and oxygen atoms in total. The van der Waals surface area contributed by atoms with Crippen LogP contribution in [0.4, 0.5) is 0 Å². The molecule has 0 saturated carbocycles. The van der Waals surface area contributed by atoms with E-state index in [0.717, 1.165) is 0 Å². The molecule has 2 heteroatoms. The summed E-state index contributed by atoms with van der Waals surface area (Å²) in [6, 6.07) is 0. The Labute approximate surface area is 42.4 Å². The largest absolute Gasteiger partial charge is 0.470 e. The third-order valence-corrected chi connectivity index (χ3v) is 0.826. The standard InChI is InChI=1S/C5H7O2/c1-5(6)3-2-4-7-5/h4,6H,3H2,1H3/t5-/m0/s1. The fourth-order valence-corrected chi connectivity index (χ4v) is 0.441. The van der Waals surface area contributed by atoms with Gasteiger partial charge in [-0.3, -0.25) is 0 Å². The molecule has 1 N–H and O–H groups in total. The average Bonchev–Trinajstić information content (AvgIpc) is 1.84. The molecule has 0 aromatic rings. The van der Waals surface area contributed by atoms with E-state index in [-0.39, 0.29) is 0 Å². The van der Waals surface area contributed by atoms with Gasteiger partial charge in [-0.15, -0.1) is 0 Å². The molecule has 1 atom stereocenters. The SMILES string of the molecule is C[C@@]1(O)C[C]=CO1. The first-order chi connectivity index (χ1) is 3.21. The first kappa shape index (κ1) is 4.65. The molecular formula is C5H7O2. The van der Waals surface area contributed by atoms with Crippen molar-refractivity contribution >= 4 is 0 Å². The van der Waals surface area contributed by atoms with E-state index in [2.05, 4.69) is 10.8 Å². The van der Waals surface area contributed by atoms with Crippen LogP contribution in [0.25, 0.3) is 0 Å². The monoisotopic (exact) mass is 99.0 g/mol. The van der Waals surface area contributed by atoms with Crippen LogP contribution in [0, 0.1) is 6.08 Å². The summed E-state index contributed by atoms with van der Waals surface area (Å²) in [5.41, 5.74) is 0. The van der Waals surface area contributed by atoms with Gasteiger partial charge < -0.3 is 9.84 Å². The van der Waals surface area contributed by atoms with Crippen LogP contribution in [0.3, 0.4) is 0 Å². The molecule has 1 rings (SSSR count). The summed E-state index contributed by atoms with van der Waals surface area (Å²) in [5.74, 6) is -0.972. The van der Waals surface area contributed by atoms with Crippen LogP contribution in [0.15, 0.2) is 6.26 Å². The fourth-order valence-electron chi connectivity index (χ4n) is 0.441. The molecule has 0 saturated heterocycles. The molecule has 0 bridgehead atoms. The minimum atomic E-state index is -0.972. The molecule has 0 fully saturated rings. The van der Waals surface area contributed by atoms with Gasteiger partial charge in [0.2, 0.25) is 5.79 Å². The predicted octanol–water partition coefficient (Wildman–Crippen LogP) is 0.432. The van der Waals surface area contributed by atoms with Gasteiger partial charge in [0, 0.05) is 13.3 Å². The van der Waals surface area contributed by atoms with E-state index in [1.54, 1.807) is 6.92 Å². The molecule has 7 heavy (non-hydrogen) atoms. The molecule has 0 aliphatic carbocycles. The number of aliphatic hydroxyl groups is 1. The average molecular weight is 99.1 g/mol. The molecule has 0 spiro atoms. The van der Waals surface area contributed by atoms with Gasteiger partial charge in [-0.2, -0.15) is 0 Å². The van der Waals surface area contributed by atoms with Gasteiger partial charge in [-0.1, -0.05) is 0 Å². The van der Waals surface area contributed by atoms with Gasteiger partial charge in [0.05, 0.1) is 6.26 Å². The molecule has 1 aliphatic heterocycles. The van der Waals surface area contributed by atoms with Gasteiger partial charge >= 0.3 is 0 Å². The van der Waals surface area contributed by atoms with Crippen LogP contribution in [-0.4, -0.2) is 10.9 Å². The Hall–Kier alpha value is -0.500. The van der Waals surface area contributed by atoms with Gasteiger partial charge in [-0.25, -0.2) is 0 Å². The Balaban J connectivity index is 2.49. The van der Waals surface area contributed by atoms with Gasteiger partial charge in [-0.05, 0) is 6.08 Å². The minimum Gasteiger partial charge on any atom is -0.470 e. The van der Waals surface area contributed by atoms with Crippen molar-refractivity contribution in [2.45, 2.75) is 19.1 Å². The highest BCUT2D eigenvalue weighted by Gasteiger charge is 2.22. The van der Waals surface area contributed by atoms with Crippen LogP contribution < -0.4 is 0 Å². The number of hydrogen-bond donors (Lipinski definition) is 1. The Morgan fingerprint density at radius 1 is 2.00 bits per heavy atom. The second-order valence-electron chi connectivity index (χ2n) is 1.79. The topological polar surface area (TPSA) is 29.5 Å². The summed E-state index contributed by atoms with van der Waals surface area (Å²) >= 11 is 0. The van der Waals surface area contributed by atoms with E-state index in [1.165, 1.54) is 6.26 Å². The molecule has 1 aliphatic rings. The van der Waals surface area contributed by atoms with Crippen molar-refractivity contribution in [3.63, 3.8) is 0 Å². The summed E-state index contributed by atoms with van der Waals surface area (Å²) in [6.07, 6.45) is 4.58. The van der Waals surface area contributed by atoms with Crippen molar-refractivity contribution in [3.05, 3.63) is 12.3 Å². The zero-order chi connectivity index (χ0) is 5.33. The van der Waals surface area contributed by atoms with Crippen molar-refractivity contribution in [2.75, 3.05) is 0 Å². The minimum absolute atomic E-state index is 0.479. The lowest BCUT2D eigenvalue weighted by atomic mass is 10.2. The molecule has 0 aromatic carbocycles. The first-order valence-corrected chi connectivity index (χ1v) is 2.16. The zero-order valence-corrected chi connectivity index (χ0v) is 4.14. The molecule has 0 aromatic heterocycles. The van der Waals surface area contributed by atoms with Gasteiger partial charge in [0.25, 0.3) is 0 Å². The van der Waals surface area contributed by atoms with Crippen LogP contribution in [0.1, 0.15) is 13.3 Å². The highest BCUT2D eigenvalue weighted by Crippen LogP contribution is 2.16. The Morgan fingerprint density at radius 3 is 2.86 bits per heavy atom. The lowest BCUT2D eigenvalue weighted by Gasteiger charge is -2.13. The summed E-state index contributed by atoms with van der Waals surface area (Å²) in [5, 5.41) is 8.88. The van der Waals surface area contributed by atoms with Crippen LogP contribution >= 0.6 is 0 Å². The van der Waals surface area contributed by atoms with Crippen molar-refractivity contribution in [3.8, 4) is 0 Å². The predicted molar refractivity (Wildman–Crippen MR) is 24.1 cm³/mol. The van der Waals surface area contributed by atoms with Crippen LogP contribution in [0.2, 0.25) is 0 Å². The third-order valence-electron chi connectivity index (χ3n) is 0.826. The maximum absolute atomic E-state index is 8.88. The van der Waals surface area contributed by atoms with Crippen molar-refractivity contribution in [2.24, 2.45) is 0 Å². The lowest BCUT2D eigenvalue weighted by Crippen LogP contribution is -2.20. The summed E-state index contributed by atoms with van der Waals surface area (Å²) in [7, 11) is 0. The summed E-state index contributed by atoms with van der Waals surface area (Å²) < 4.78 is 4.66. The van der Waals surface area contributed by atoms with E-state index < -0.39 is 5.79 Å². The van der Waals surface area contributed by atoms with E-state index >= 15 is 0 Å². The first-order valence-electron chi connectivity index (χ1n) is 2.16. The smallest absolute Gasteiger partial charge is 0.208 e. The Morgan fingerprint density at radius 2 is 2.71 bits per heavy atom. The molecular weight excluding hydrogens is 92.1 g/mol. The normalized spacial score (nSPS) is 38.6. The van der Waals surface area contributed by atoms with Crippen molar-refractivity contribution < 1.29 is 9.84 Å². The molecule has 39 valence electrons.